The Morgan fingerprint density at radius 3 is 2.07 bits per heavy atom. The van der Waals surface area contributed by atoms with E-state index in [0.29, 0.717) is 6.07 Å². The van der Waals surface area contributed by atoms with E-state index < -0.39 is 63.1 Å². The third-order valence-corrected chi connectivity index (χ3v) is 4.31. The summed E-state index contributed by atoms with van der Waals surface area (Å²) < 4.78 is 92.6. The molecule has 0 radical (unpaired) electrons. The number of hydrogen-bond acceptors (Lipinski definition) is 3. The predicted octanol–water partition coefficient (Wildman–Crippen LogP) is 4.69. The van der Waals surface area contributed by atoms with Crippen molar-refractivity contribution >= 4 is 29.3 Å². The molecule has 0 aliphatic carbocycles. The first kappa shape index (κ1) is 21.5. The topological polar surface area (TPSA) is 66.4 Å². The highest BCUT2D eigenvalue weighted by molar-refractivity contribution is 8.00. The maximum Gasteiger partial charge on any atom is 0.416 e. The van der Waals surface area contributed by atoms with Gasteiger partial charge in [0.05, 0.1) is 16.2 Å². The van der Waals surface area contributed by atoms with E-state index in [0.717, 1.165) is 18.2 Å². The minimum Gasteiger partial charge on any atom is -0.477 e. The summed E-state index contributed by atoms with van der Waals surface area (Å²) in [6.07, 6.45) is -4.66. The van der Waals surface area contributed by atoms with Gasteiger partial charge in [0, 0.05) is 5.69 Å². The van der Waals surface area contributed by atoms with Crippen LogP contribution < -0.4 is 5.32 Å². The van der Waals surface area contributed by atoms with E-state index in [1.165, 1.54) is 0 Å². The number of amides is 1. The molecule has 0 heterocycles. The average molecular weight is 427 g/mol. The Kier molecular flexibility index (Phi) is 6.22. The van der Waals surface area contributed by atoms with Crippen LogP contribution in [0.25, 0.3) is 0 Å². The molecule has 2 N–H and O–H groups in total. The van der Waals surface area contributed by atoms with Crippen LogP contribution in [0.2, 0.25) is 0 Å². The fourth-order valence-corrected chi connectivity index (χ4v) is 2.81. The number of carboxylic acid groups (broad SMARTS) is 1. The smallest absolute Gasteiger partial charge is 0.416 e. The van der Waals surface area contributed by atoms with E-state index in [1.807, 2.05) is 5.32 Å². The molecular weight excluding hydrogens is 419 g/mol. The lowest BCUT2D eigenvalue weighted by Gasteiger charge is -2.11. The van der Waals surface area contributed by atoms with E-state index in [4.69, 9.17) is 5.11 Å². The van der Waals surface area contributed by atoms with Gasteiger partial charge in [0.1, 0.15) is 5.56 Å². The van der Waals surface area contributed by atoms with Crippen LogP contribution in [0.4, 0.5) is 36.4 Å². The lowest BCUT2D eigenvalue weighted by Crippen LogP contribution is -2.16. The highest BCUT2D eigenvalue weighted by atomic mass is 32.2. The molecule has 2 aromatic carbocycles. The first-order valence-electron chi connectivity index (χ1n) is 7.12. The van der Waals surface area contributed by atoms with Gasteiger partial charge in [-0.05, 0) is 18.2 Å². The van der Waals surface area contributed by atoms with E-state index in [9.17, 15) is 40.3 Å². The summed E-state index contributed by atoms with van der Waals surface area (Å²) in [5.74, 6) is -12.4. The molecule has 1 amide bonds. The van der Waals surface area contributed by atoms with Crippen molar-refractivity contribution in [2.45, 2.75) is 11.1 Å². The van der Waals surface area contributed by atoms with Crippen molar-refractivity contribution in [2.75, 3.05) is 11.1 Å². The molecular formula is C16H8F7NO3S. The molecule has 0 bridgehead atoms. The first-order chi connectivity index (χ1) is 12.9. The van der Waals surface area contributed by atoms with Gasteiger partial charge in [0.25, 0.3) is 0 Å². The largest absolute Gasteiger partial charge is 0.477 e. The number of rotatable bonds is 5. The SMILES string of the molecule is O=C(CSc1c(F)c(F)c(C(=O)O)c(F)c1F)Nc1cccc(C(F)(F)F)c1. The molecule has 28 heavy (non-hydrogen) atoms. The number of carboxylic acids is 1. The van der Waals surface area contributed by atoms with Gasteiger partial charge in [0.15, 0.2) is 23.3 Å². The number of halogens is 7. The van der Waals surface area contributed by atoms with Crippen LogP contribution in [0.3, 0.4) is 0 Å². The molecule has 12 heteroatoms. The minimum absolute atomic E-state index is 0.00232. The summed E-state index contributed by atoms with van der Waals surface area (Å²) in [5, 5.41) is 10.6. The van der Waals surface area contributed by atoms with Crippen LogP contribution >= 0.6 is 11.8 Å². The molecule has 0 aromatic heterocycles. The van der Waals surface area contributed by atoms with Crippen molar-refractivity contribution in [3.8, 4) is 0 Å². The fraction of sp³-hybridized carbons (Fsp3) is 0.125. The van der Waals surface area contributed by atoms with Crippen molar-refractivity contribution in [2.24, 2.45) is 0 Å². The molecule has 0 aliphatic rings. The van der Waals surface area contributed by atoms with Gasteiger partial charge in [-0.2, -0.15) is 13.2 Å². The van der Waals surface area contributed by atoms with Gasteiger partial charge < -0.3 is 10.4 Å². The summed E-state index contributed by atoms with van der Waals surface area (Å²) >= 11 is 0.00232. The lowest BCUT2D eigenvalue weighted by atomic mass is 10.2. The maximum atomic E-state index is 13.8. The normalized spacial score (nSPS) is 11.4. The molecule has 150 valence electrons. The average Bonchev–Trinajstić information content (AvgIpc) is 2.59. The van der Waals surface area contributed by atoms with E-state index >= 15 is 0 Å². The summed E-state index contributed by atoms with van der Waals surface area (Å²) in [6, 6.07) is 3.51. The summed E-state index contributed by atoms with van der Waals surface area (Å²) in [5.41, 5.74) is -3.14. The molecule has 0 aliphatic heterocycles. The Labute approximate surface area is 156 Å². The molecule has 0 saturated heterocycles. The summed E-state index contributed by atoms with van der Waals surface area (Å²) in [6.45, 7) is 0. The number of benzene rings is 2. The molecule has 2 aromatic rings. The molecule has 0 spiro atoms. The zero-order valence-electron chi connectivity index (χ0n) is 13.3. The highest BCUT2D eigenvalue weighted by Crippen LogP contribution is 2.32. The van der Waals surface area contributed by atoms with E-state index in [2.05, 4.69) is 0 Å². The van der Waals surface area contributed by atoms with E-state index in [-0.39, 0.29) is 17.4 Å². The predicted molar refractivity (Wildman–Crippen MR) is 84.0 cm³/mol. The van der Waals surface area contributed by atoms with Gasteiger partial charge in [-0.1, -0.05) is 6.07 Å². The van der Waals surface area contributed by atoms with Crippen molar-refractivity contribution in [3.05, 3.63) is 58.7 Å². The van der Waals surface area contributed by atoms with Crippen LogP contribution in [-0.2, 0) is 11.0 Å². The van der Waals surface area contributed by atoms with Gasteiger partial charge in [-0.3, -0.25) is 4.79 Å². The standard InChI is InChI=1S/C16H8F7NO3S/c17-10-9(15(26)27)11(18)13(20)14(12(10)19)28-5-8(25)24-7-3-1-2-6(4-7)16(21,22)23/h1-4H,5H2,(H,24,25)(H,26,27). The number of hydrogen-bond donors (Lipinski definition) is 2. The number of carbonyl (C=O) groups excluding carboxylic acids is 1. The van der Waals surface area contributed by atoms with Crippen LogP contribution in [0.5, 0.6) is 0 Å². The first-order valence-corrected chi connectivity index (χ1v) is 8.11. The number of carbonyl (C=O) groups is 2. The number of anilines is 1. The third kappa shape index (κ3) is 4.55. The second kappa shape index (κ2) is 8.09. The van der Waals surface area contributed by atoms with Gasteiger partial charge in [0.2, 0.25) is 5.91 Å². The molecule has 0 saturated carbocycles. The Morgan fingerprint density at radius 2 is 1.57 bits per heavy atom. The van der Waals surface area contributed by atoms with Crippen LogP contribution in [0.15, 0.2) is 29.2 Å². The quantitative estimate of drug-likeness (QED) is 0.413. The van der Waals surface area contributed by atoms with Gasteiger partial charge in [-0.25, -0.2) is 22.4 Å². The van der Waals surface area contributed by atoms with Gasteiger partial charge in [-0.15, -0.1) is 11.8 Å². The molecule has 0 fully saturated rings. The van der Waals surface area contributed by atoms with Crippen molar-refractivity contribution in [1.82, 2.24) is 0 Å². The van der Waals surface area contributed by atoms with Crippen molar-refractivity contribution in [1.29, 1.82) is 0 Å². The van der Waals surface area contributed by atoms with Gasteiger partial charge >= 0.3 is 12.1 Å². The second-order valence-electron chi connectivity index (χ2n) is 5.18. The second-order valence-corrected chi connectivity index (χ2v) is 6.17. The molecule has 0 unspecified atom stereocenters. The zero-order valence-corrected chi connectivity index (χ0v) is 14.2. The number of nitrogens with one attached hydrogen (secondary N) is 1. The Balaban J connectivity index is 2.17. The van der Waals surface area contributed by atoms with Crippen LogP contribution in [0, 0.1) is 23.3 Å². The van der Waals surface area contributed by atoms with Crippen LogP contribution in [-0.4, -0.2) is 22.7 Å². The van der Waals surface area contributed by atoms with E-state index in [1.54, 1.807) is 0 Å². The Bertz CT molecular complexity index is 918. The van der Waals surface area contributed by atoms with Crippen molar-refractivity contribution < 1.29 is 45.4 Å². The summed E-state index contributed by atoms with van der Waals surface area (Å²) in [4.78, 5) is 21.2. The van der Waals surface area contributed by atoms with Crippen molar-refractivity contribution in [3.63, 3.8) is 0 Å². The molecule has 0 atom stereocenters. The minimum atomic E-state index is -4.66. The molecule has 2 rings (SSSR count). The monoisotopic (exact) mass is 427 g/mol. The molecule has 4 nitrogen and oxygen atoms in total. The number of aromatic carboxylic acids is 1. The fourth-order valence-electron chi connectivity index (χ4n) is 2.03. The number of alkyl halides is 3. The zero-order chi connectivity index (χ0) is 21.2. The Hall–Kier alpha value is -2.76. The third-order valence-electron chi connectivity index (χ3n) is 3.26. The summed E-state index contributed by atoms with van der Waals surface area (Å²) in [7, 11) is 0. The number of thioether (sulfide) groups is 1. The van der Waals surface area contributed by atoms with Crippen LogP contribution in [0.1, 0.15) is 15.9 Å². The highest BCUT2D eigenvalue weighted by Gasteiger charge is 2.31. The lowest BCUT2D eigenvalue weighted by molar-refractivity contribution is -0.137. The maximum absolute atomic E-state index is 13.8. The Morgan fingerprint density at radius 1 is 1.00 bits per heavy atom.